The maximum absolute atomic E-state index is 10.6. The maximum Gasteiger partial charge on any atom is 0.321 e. The molecule has 0 spiro atoms. The second-order valence-electron chi connectivity index (χ2n) is 2.57. The predicted octanol–water partition coefficient (Wildman–Crippen LogP) is -0.647. The molecule has 7 nitrogen and oxygen atoms in total. The zero-order chi connectivity index (χ0) is 11.8. The summed E-state index contributed by atoms with van der Waals surface area (Å²) in [6.07, 6.45) is 0. The summed E-state index contributed by atoms with van der Waals surface area (Å²) in [6.45, 7) is -0.468. The number of carboxylic acids is 3. The van der Waals surface area contributed by atoms with Crippen molar-refractivity contribution < 1.29 is 29.7 Å². The van der Waals surface area contributed by atoms with Gasteiger partial charge in [-0.05, 0) is 0 Å². The van der Waals surface area contributed by atoms with Crippen LogP contribution in [0.2, 0.25) is 0 Å². The van der Waals surface area contributed by atoms with E-state index in [0.717, 1.165) is 11.8 Å². The molecule has 94 valence electrons. The Labute approximate surface area is 102 Å². The number of carboxylic acid groups (broad SMARTS) is 3. The molecule has 4 N–H and O–H groups in total. The Kier molecular flexibility index (Phi) is 10.1. The van der Waals surface area contributed by atoms with Crippen LogP contribution in [0.3, 0.4) is 0 Å². The summed E-state index contributed by atoms with van der Waals surface area (Å²) in [7, 11) is 0. The van der Waals surface area contributed by atoms with Crippen LogP contribution in [0.5, 0.6) is 0 Å². The summed E-state index contributed by atoms with van der Waals surface area (Å²) in [5.74, 6) is -3.60. The van der Waals surface area contributed by atoms with Crippen molar-refractivity contribution in [1.29, 1.82) is 0 Å². The fourth-order valence-electron chi connectivity index (χ4n) is 0.692. The first kappa shape index (κ1) is 17.4. The van der Waals surface area contributed by atoms with E-state index in [1.54, 1.807) is 0 Å². The molecule has 0 aromatic heterocycles. The van der Waals surface area contributed by atoms with E-state index >= 15 is 0 Å². The van der Waals surface area contributed by atoms with Gasteiger partial charge in [0, 0.05) is 5.75 Å². The summed E-state index contributed by atoms with van der Waals surface area (Å²) in [5.41, 5.74) is 0. The third-order valence-electron chi connectivity index (χ3n) is 1.31. The van der Waals surface area contributed by atoms with Crippen LogP contribution >= 0.6 is 24.2 Å². The molecule has 1 atom stereocenters. The SMILES string of the molecule is Cl.O=C(O)CNC(CSCC(=O)O)C(=O)O. The van der Waals surface area contributed by atoms with Gasteiger partial charge in [0.15, 0.2) is 0 Å². The quantitative estimate of drug-likeness (QED) is 0.460. The summed E-state index contributed by atoms with van der Waals surface area (Å²) in [6, 6.07) is -1.05. The fraction of sp³-hybridized carbons (Fsp3) is 0.571. The molecule has 0 aromatic carbocycles. The van der Waals surface area contributed by atoms with Crippen molar-refractivity contribution in [3.63, 3.8) is 0 Å². The van der Waals surface area contributed by atoms with E-state index in [2.05, 4.69) is 5.32 Å². The highest BCUT2D eigenvalue weighted by molar-refractivity contribution is 8.00. The standard InChI is InChI=1S/C7H11NO6S.ClH/c9-5(10)1-8-4(7(13)14)2-15-3-6(11)12;/h4,8H,1-3H2,(H,9,10)(H,11,12)(H,13,14);1H. The van der Waals surface area contributed by atoms with Gasteiger partial charge in [0.25, 0.3) is 0 Å². The largest absolute Gasteiger partial charge is 0.481 e. The number of hydrogen-bond acceptors (Lipinski definition) is 5. The molecular weight excluding hydrogens is 262 g/mol. The molecular formula is C7H12ClNO6S. The fourth-order valence-corrected chi connectivity index (χ4v) is 1.48. The molecule has 0 aliphatic carbocycles. The van der Waals surface area contributed by atoms with Crippen molar-refractivity contribution in [1.82, 2.24) is 5.32 Å². The van der Waals surface area contributed by atoms with Crippen LogP contribution in [-0.2, 0) is 14.4 Å². The second kappa shape index (κ2) is 9.25. The predicted molar refractivity (Wildman–Crippen MR) is 59.3 cm³/mol. The molecule has 9 heteroatoms. The third-order valence-corrected chi connectivity index (χ3v) is 2.33. The van der Waals surface area contributed by atoms with Crippen molar-refractivity contribution in [2.24, 2.45) is 0 Å². The van der Waals surface area contributed by atoms with E-state index in [9.17, 15) is 14.4 Å². The van der Waals surface area contributed by atoms with Crippen molar-refractivity contribution in [3.05, 3.63) is 0 Å². The number of halogens is 1. The van der Waals surface area contributed by atoms with Crippen LogP contribution in [0.15, 0.2) is 0 Å². The van der Waals surface area contributed by atoms with E-state index in [-0.39, 0.29) is 23.9 Å². The van der Waals surface area contributed by atoms with Crippen LogP contribution in [-0.4, -0.2) is 57.3 Å². The van der Waals surface area contributed by atoms with E-state index < -0.39 is 30.5 Å². The van der Waals surface area contributed by atoms with Gasteiger partial charge in [-0.25, -0.2) is 0 Å². The number of hydrogen-bond donors (Lipinski definition) is 4. The molecule has 1 unspecified atom stereocenters. The van der Waals surface area contributed by atoms with Crippen molar-refractivity contribution in [2.75, 3.05) is 18.1 Å². The van der Waals surface area contributed by atoms with Gasteiger partial charge >= 0.3 is 17.9 Å². The van der Waals surface area contributed by atoms with Gasteiger partial charge in [0.05, 0.1) is 12.3 Å². The topological polar surface area (TPSA) is 124 Å². The average Bonchev–Trinajstić information content (AvgIpc) is 2.09. The van der Waals surface area contributed by atoms with Crippen molar-refractivity contribution in [3.8, 4) is 0 Å². The highest BCUT2D eigenvalue weighted by atomic mass is 35.5. The van der Waals surface area contributed by atoms with E-state index in [1.807, 2.05) is 0 Å². The molecule has 0 saturated heterocycles. The molecule has 0 saturated carbocycles. The van der Waals surface area contributed by atoms with Crippen LogP contribution in [0.4, 0.5) is 0 Å². The van der Waals surface area contributed by atoms with Crippen LogP contribution < -0.4 is 5.32 Å². The van der Waals surface area contributed by atoms with Gasteiger partial charge in [-0.3, -0.25) is 19.7 Å². The van der Waals surface area contributed by atoms with Crippen LogP contribution in [0.25, 0.3) is 0 Å². The molecule has 0 radical (unpaired) electrons. The molecule has 16 heavy (non-hydrogen) atoms. The third kappa shape index (κ3) is 9.56. The number of carbonyl (C=O) groups is 3. The lowest BCUT2D eigenvalue weighted by molar-refractivity contribution is -0.140. The van der Waals surface area contributed by atoms with E-state index in [0.29, 0.717) is 0 Å². The van der Waals surface area contributed by atoms with Crippen molar-refractivity contribution in [2.45, 2.75) is 6.04 Å². The minimum absolute atomic E-state index is 0. The number of thioether (sulfide) groups is 1. The summed E-state index contributed by atoms with van der Waals surface area (Å²) in [4.78, 5) is 30.9. The minimum Gasteiger partial charge on any atom is -0.481 e. The number of rotatable bonds is 8. The molecule has 0 bridgehead atoms. The average molecular weight is 274 g/mol. The normalized spacial score (nSPS) is 11.2. The zero-order valence-corrected chi connectivity index (χ0v) is 9.71. The van der Waals surface area contributed by atoms with Crippen LogP contribution in [0, 0.1) is 0 Å². The molecule has 0 amide bonds. The monoisotopic (exact) mass is 273 g/mol. The van der Waals surface area contributed by atoms with Gasteiger partial charge in [-0.15, -0.1) is 24.2 Å². The molecule has 0 aromatic rings. The Balaban J connectivity index is 0. The highest BCUT2D eigenvalue weighted by Crippen LogP contribution is 2.02. The summed E-state index contributed by atoms with van der Waals surface area (Å²) >= 11 is 0.914. The second-order valence-corrected chi connectivity index (χ2v) is 3.60. The highest BCUT2D eigenvalue weighted by Gasteiger charge is 2.18. The lowest BCUT2D eigenvalue weighted by Crippen LogP contribution is -2.41. The summed E-state index contributed by atoms with van der Waals surface area (Å²) < 4.78 is 0. The molecule has 0 rings (SSSR count). The Morgan fingerprint density at radius 3 is 2.06 bits per heavy atom. The van der Waals surface area contributed by atoms with Gasteiger partial charge in [-0.1, -0.05) is 0 Å². The molecule has 0 aliphatic rings. The Bertz CT molecular complexity index is 261. The van der Waals surface area contributed by atoms with E-state index in [1.165, 1.54) is 0 Å². The van der Waals surface area contributed by atoms with Gasteiger partial charge < -0.3 is 15.3 Å². The maximum atomic E-state index is 10.6. The first-order chi connectivity index (χ1) is 6.93. The molecule has 0 heterocycles. The Morgan fingerprint density at radius 1 is 1.12 bits per heavy atom. The number of nitrogens with one attached hydrogen (secondary N) is 1. The molecule has 0 fully saturated rings. The Morgan fingerprint density at radius 2 is 1.69 bits per heavy atom. The van der Waals surface area contributed by atoms with Gasteiger partial charge in [-0.2, -0.15) is 0 Å². The first-order valence-corrected chi connectivity index (χ1v) is 5.06. The lowest BCUT2D eigenvalue weighted by Gasteiger charge is -2.11. The minimum atomic E-state index is -1.20. The van der Waals surface area contributed by atoms with Gasteiger partial charge in [0.2, 0.25) is 0 Å². The molecule has 0 aliphatic heterocycles. The summed E-state index contributed by atoms with van der Waals surface area (Å²) in [5, 5.41) is 27.5. The lowest BCUT2D eigenvalue weighted by atomic mass is 10.3. The first-order valence-electron chi connectivity index (χ1n) is 3.91. The van der Waals surface area contributed by atoms with Crippen LogP contribution in [0.1, 0.15) is 0 Å². The van der Waals surface area contributed by atoms with E-state index in [4.69, 9.17) is 15.3 Å². The zero-order valence-electron chi connectivity index (χ0n) is 8.08. The number of aliphatic carboxylic acids is 3. The smallest absolute Gasteiger partial charge is 0.321 e. The van der Waals surface area contributed by atoms with Crippen molar-refractivity contribution >= 4 is 42.1 Å². The Hall–Kier alpha value is -0.990. The van der Waals surface area contributed by atoms with Gasteiger partial charge in [0.1, 0.15) is 6.04 Å².